The van der Waals surface area contributed by atoms with E-state index in [1.807, 2.05) is 13.8 Å². The standard InChI is InChI=1S/C17H27NO6/c1-5-21-16(19)7-9-23-14-11-15(13(4)18-12(14)3)24-10-8-17(20)22-6-2/h18H,5-11H2,1-4H3. The summed E-state index contributed by atoms with van der Waals surface area (Å²) in [4.78, 5) is 22.7. The Morgan fingerprint density at radius 3 is 1.67 bits per heavy atom. The molecule has 0 spiro atoms. The average Bonchev–Trinajstić information content (AvgIpc) is 2.51. The lowest BCUT2D eigenvalue weighted by molar-refractivity contribution is -0.144. The second-order valence-electron chi connectivity index (χ2n) is 5.21. The van der Waals surface area contributed by atoms with Gasteiger partial charge in [-0.3, -0.25) is 9.59 Å². The van der Waals surface area contributed by atoms with Crippen molar-refractivity contribution >= 4 is 11.9 Å². The summed E-state index contributed by atoms with van der Waals surface area (Å²) in [5.41, 5.74) is 1.77. The van der Waals surface area contributed by atoms with Crippen molar-refractivity contribution in [3.8, 4) is 0 Å². The van der Waals surface area contributed by atoms with Crippen LogP contribution in [0.2, 0.25) is 0 Å². The van der Waals surface area contributed by atoms with E-state index < -0.39 is 0 Å². The van der Waals surface area contributed by atoms with Gasteiger partial charge in [0.15, 0.2) is 0 Å². The van der Waals surface area contributed by atoms with Crippen LogP contribution in [-0.4, -0.2) is 38.4 Å². The lowest BCUT2D eigenvalue weighted by atomic mass is 10.1. The first-order chi connectivity index (χ1) is 11.5. The zero-order valence-corrected chi connectivity index (χ0v) is 14.9. The second kappa shape index (κ2) is 10.6. The molecule has 7 heteroatoms. The third kappa shape index (κ3) is 6.93. The zero-order valence-electron chi connectivity index (χ0n) is 14.9. The van der Waals surface area contributed by atoms with Gasteiger partial charge in [0.05, 0.1) is 57.1 Å². The van der Waals surface area contributed by atoms with E-state index in [9.17, 15) is 9.59 Å². The van der Waals surface area contributed by atoms with E-state index >= 15 is 0 Å². The Bertz CT molecular complexity index is 465. The van der Waals surface area contributed by atoms with Crippen LogP contribution < -0.4 is 5.32 Å². The van der Waals surface area contributed by atoms with Gasteiger partial charge in [-0.15, -0.1) is 0 Å². The highest BCUT2D eigenvalue weighted by molar-refractivity contribution is 5.69. The van der Waals surface area contributed by atoms with Crippen LogP contribution in [0, 0.1) is 0 Å². The maximum absolute atomic E-state index is 11.3. The molecule has 1 aliphatic heterocycles. The second-order valence-corrected chi connectivity index (χ2v) is 5.21. The molecule has 1 N–H and O–H groups in total. The lowest BCUT2D eigenvalue weighted by Crippen LogP contribution is -2.22. The quantitative estimate of drug-likeness (QED) is 0.611. The lowest BCUT2D eigenvalue weighted by Gasteiger charge is -2.24. The third-order valence-corrected chi connectivity index (χ3v) is 3.31. The summed E-state index contributed by atoms with van der Waals surface area (Å²) in [5.74, 6) is 0.876. The summed E-state index contributed by atoms with van der Waals surface area (Å²) >= 11 is 0. The van der Waals surface area contributed by atoms with Crippen molar-refractivity contribution in [1.82, 2.24) is 5.32 Å². The van der Waals surface area contributed by atoms with E-state index in [0.717, 1.165) is 22.9 Å². The Kier molecular flexibility index (Phi) is 8.75. The molecule has 136 valence electrons. The maximum Gasteiger partial charge on any atom is 0.309 e. The molecule has 0 fully saturated rings. The molecule has 0 saturated carbocycles. The summed E-state index contributed by atoms with van der Waals surface area (Å²) in [7, 11) is 0. The van der Waals surface area contributed by atoms with Gasteiger partial charge in [-0.2, -0.15) is 0 Å². The smallest absolute Gasteiger partial charge is 0.309 e. The van der Waals surface area contributed by atoms with Gasteiger partial charge < -0.3 is 24.3 Å². The molecule has 0 atom stereocenters. The zero-order chi connectivity index (χ0) is 17.9. The van der Waals surface area contributed by atoms with Gasteiger partial charge in [-0.1, -0.05) is 0 Å². The predicted molar refractivity (Wildman–Crippen MR) is 87.6 cm³/mol. The molecular weight excluding hydrogens is 314 g/mol. The fourth-order valence-corrected chi connectivity index (χ4v) is 2.13. The summed E-state index contributed by atoms with van der Waals surface area (Å²) < 4.78 is 21.1. The number of carbonyl (C=O) groups is 2. The van der Waals surface area contributed by atoms with Gasteiger partial charge >= 0.3 is 11.9 Å². The molecule has 1 aliphatic rings. The topological polar surface area (TPSA) is 83.1 Å². The number of allylic oxidation sites excluding steroid dienone is 2. The van der Waals surface area contributed by atoms with Crippen LogP contribution in [0.1, 0.15) is 47.0 Å². The van der Waals surface area contributed by atoms with Crippen molar-refractivity contribution in [1.29, 1.82) is 0 Å². The van der Waals surface area contributed by atoms with Gasteiger partial charge in [0.25, 0.3) is 0 Å². The van der Waals surface area contributed by atoms with E-state index in [1.54, 1.807) is 13.8 Å². The molecule has 7 nitrogen and oxygen atoms in total. The molecule has 24 heavy (non-hydrogen) atoms. The van der Waals surface area contributed by atoms with Crippen LogP contribution in [0.4, 0.5) is 0 Å². The Morgan fingerprint density at radius 1 is 0.875 bits per heavy atom. The van der Waals surface area contributed by atoms with Gasteiger partial charge in [-0.25, -0.2) is 0 Å². The van der Waals surface area contributed by atoms with Crippen LogP contribution in [0.3, 0.4) is 0 Å². The minimum absolute atomic E-state index is 0.201. The fourth-order valence-electron chi connectivity index (χ4n) is 2.13. The number of rotatable bonds is 10. The van der Waals surface area contributed by atoms with Crippen LogP contribution in [0.25, 0.3) is 0 Å². The summed E-state index contributed by atoms with van der Waals surface area (Å²) in [5, 5.41) is 3.18. The number of hydrogen-bond acceptors (Lipinski definition) is 7. The number of nitrogens with one attached hydrogen (secondary N) is 1. The number of dihydropyridines is 1. The van der Waals surface area contributed by atoms with Crippen molar-refractivity contribution < 1.29 is 28.5 Å². The van der Waals surface area contributed by atoms with Gasteiger partial charge in [0, 0.05) is 0 Å². The van der Waals surface area contributed by atoms with Crippen LogP contribution in [-0.2, 0) is 28.5 Å². The minimum Gasteiger partial charge on any atom is -0.495 e. The van der Waals surface area contributed by atoms with E-state index in [2.05, 4.69) is 5.32 Å². The number of ether oxygens (including phenoxy) is 4. The Hall–Kier alpha value is -2.18. The van der Waals surface area contributed by atoms with Crippen molar-refractivity contribution in [2.45, 2.75) is 47.0 Å². The van der Waals surface area contributed by atoms with Crippen LogP contribution in [0.5, 0.6) is 0 Å². The molecule has 0 aromatic heterocycles. The number of carbonyl (C=O) groups excluding carboxylic acids is 2. The van der Waals surface area contributed by atoms with Gasteiger partial charge in [-0.05, 0) is 27.7 Å². The Morgan fingerprint density at radius 2 is 1.29 bits per heavy atom. The van der Waals surface area contributed by atoms with Crippen LogP contribution >= 0.6 is 0 Å². The SMILES string of the molecule is CCOC(=O)CCOC1=C(C)NC(C)=C(OCCC(=O)OCC)C1. The first-order valence-electron chi connectivity index (χ1n) is 8.21. The van der Waals surface area contributed by atoms with Crippen molar-refractivity contribution in [3.05, 3.63) is 22.9 Å². The normalized spacial score (nSPS) is 14.2. The molecule has 0 bridgehead atoms. The van der Waals surface area contributed by atoms with Crippen LogP contribution in [0.15, 0.2) is 22.9 Å². The van der Waals surface area contributed by atoms with E-state index in [-0.39, 0.29) is 38.0 Å². The first kappa shape index (κ1) is 19.9. The summed E-state index contributed by atoms with van der Waals surface area (Å²) in [6, 6.07) is 0. The van der Waals surface area contributed by atoms with Gasteiger partial charge in [0.2, 0.25) is 0 Å². The molecule has 1 heterocycles. The average molecular weight is 341 g/mol. The molecule has 0 aromatic carbocycles. The highest BCUT2D eigenvalue weighted by atomic mass is 16.5. The predicted octanol–water partition coefficient (Wildman–Crippen LogP) is 2.38. The van der Waals surface area contributed by atoms with E-state index in [0.29, 0.717) is 19.6 Å². The molecular formula is C17H27NO6. The van der Waals surface area contributed by atoms with Gasteiger partial charge in [0.1, 0.15) is 11.5 Å². The molecule has 1 rings (SSSR count). The highest BCUT2D eigenvalue weighted by Crippen LogP contribution is 2.24. The minimum atomic E-state index is -0.280. The monoisotopic (exact) mass is 341 g/mol. The maximum atomic E-state index is 11.3. The Labute approximate surface area is 143 Å². The number of esters is 2. The summed E-state index contributed by atoms with van der Waals surface area (Å²) in [6.45, 7) is 8.57. The molecule has 0 aromatic rings. The molecule has 0 unspecified atom stereocenters. The number of hydrogen-bond donors (Lipinski definition) is 1. The highest BCUT2D eigenvalue weighted by Gasteiger charge is 2.19. The third-order valence-electron chi connectivity index (χ3n) is 3.31. The molecule has 0 aliphatic carbocycles. The molecule has 0 saturated heterocycles. The van der Waals surface area contributed by atoms with E-state index in [4.69, 9.17) is 18.9 Å². The molecule has 0 radical (unpaired) electrons. The molecule has 0 amide bonds. The van der Waals surface area contributed by atoms with Crippen molar-refractivity contribution in [3.63, 3.8) is 0 Å². The van der Waals surface area contributed by atoms with E-state index in [1.165, 1.54) is 0 Å². The van der Waals surface area contributed by atoms with Crippen molar-refractivity contribution in [2.75, 3.05) is 26.4 Å². The van der Waals surface area contributed by atoms with Crippen molar-refractivity contribution in [2.24, 2.45) is 0 Å². The Balaban J connectivity index is 2.43. The largest absolute Gasteiger partial charge is 0.495 e. The fraction of sp³-hybridized carbons (Fsp3) is 0.647. The summed E-state index contributed by atoms with van der Waals surface area (Å²) in [6.07, 6.45) is 0.884. The first-order valence-corrected chi connectivity index (χ1v) is 8.21.